The molecule has 4 N–H and O–H groups in total. The van der Waals surface area contributed by atoms with E-state index in [0.717, 1.165) is 11.8 Å². The summed E-state index contributed by atoms with van der Waals surface area (Å²) in [4.78, 5) is 11.3. The molecule has 0 spiro atoms. The van der Waals surface area contributed by atoms with E-state index >= 15 is 0 Å². The summed E-state index contributed by atoms with van der Waals surface area (Å²) >= 11 is 2.23. The predicted octanol–water partition coefficient (Wildman–Crippen LogP) is 1.18. The van der Waals surface area contributed by atoms with Crippen LogP contribution in [0.5, 0.6) is 0 Å². The Morgan fingerprint density at radius 3 is 3.13 bits per heavy atom. The summed E-state index contributed by atoms with van der Waals surface area (Å²) in [7, 11) is 0. The summed E-state index contributed by atoms with van der Waals surface area (Å²) < 4.78 is 0. The number of hydrogen-bond donors (Lipinski definition) is 3. The lowest BCUT2D eigenvalue weighted by Gasteiger charge is -2.01. The van der Waals surface area contributed by atoms with Crippen molar-refractivity contribution in [3.05, 3.63) is 17.0 Å². The Kier molecular flexibility index (Phi) is 4.15. The molecule has 7 heteroatoms. The summed E-state index contributed by atoms with van der Waals surface area (Å²) in [6.07, 6.45) is 0. The van der Waals surface area contributed by atoms with Crippen molar-refractivity contribution in [1.82, 2.24) is 0 Å². The molecule has 1 rings (SSSR count). The van der Waals surface area contributed by atoms with Crippen LogP contribution in [0.3, 0.4) is 0 Å². The lowest BCUT2D eigenvalue weighted by atomic mass is 10.3. The molecule has 1 aromatic heterocycles. The van der Waals surface area contributed by atoms with Crippen molar-refractivity contribution in [3.63, 3.8) is 0 Å². The fourth-order valence-corrected chi connectivity index (χ4v) is 1.91. The number of amidine groups is 1. The van der Waals surface area contributed by atoms with Crippen LogP contribution >= 0.6 is 23.1 Å². The maximum absolute atomic E-state index is 11.3. The van der Waals surface area contributed by atoms with Gasteiger partial charge in [0, 0.05) is 0 Å². The van der Waals surface area contributed by atoms with E-state index in [4.69, 9.17) is 16.4 Å². The lowest BCUT2D eigenvalue weighted by Crippen LogP contribution is -2.17. The molecule has 0 radical (unpaired) electrons. The minimum absolute atomic E-state index is 0.0815. The Labute approximate surface area is 94.8 Å². The van der Waals surface area contributed by atoms with Crippen LogP contribution in [0.2, 0.25) is 0 Å². The van der Waals surface area contributed by atoms with Gasteiger partial charge in [0.1, 0.15) is 11.1 Å². The molecular weight excluding hydrogens is 232 g/mol. The SMILES string of the molecule is N#Cc1ccsc1NC(=O)CSC(=N)N. The van der Waals surface area contributed by atoms with Gasteiger partial charge in [0.2, 0.25) is 5.91 Å². The molecule has 0 saturated carbocycles. The number of thiophene rings is 1. The summed E-state index contributed by atoms with van der Waals surface area (Å²) in [6, 6.07) is 3.61. The van der Waals surface area contributed by atoms with Gasteiger partial charge in [-0.2, -0.15) is 5.26 Å². The third kappa shape index (κ3) is 3.61. The average molecular weight is 240 g/mol. The van der Waals surface area contributed by atoms with Crippen LogP contribution in [0.25, 0.3) is 0 Å². The Hall–Kier alpha value is -1.52. The molecule has 0 bridgehead atoms. The number of nitrogens with zero attached hydrogens (tertiary/aromatic N) is 1. The molecule has 0 aromatic carbocycles. The summed E-state index contributed by atoms with van der Waals surface area (Å²) in [5.41, 5.74) is 5.53. The van der Waals surface area contributed by atoms with Gasteiger partial charge < -0.3 is 11.1 Å². The van der Waals surface area contributed by atoms with E-state index in [1.807, 2.05) is 6.07 Å². The zero-order valence-corrected chi connectivity index (χ0v) is 9.24. The number of carbonyl (C=O) groups excluding carboxylic acids is 1. The molecule has 0 atom stereocenters. The van der Waals surface area contributed by atoms with Gasteiger partial charge in [0.15, 0.2) is 5.17 Å². The van der Waals surface area contributed by atoms with Crippen LogP contribution in [0.4, 0.5) is 5.00 Å². The second-order valence-corrected chi connectivity index (χ2v) is 4.41. The fraction of sp³-hybridized carbons (Fsp3) is 0.125. The highest BCUT2D eigenvalue weighted by Crippen LogP contribution is 2.22. The number of thioether (sulfide) groups is 1. The van der Waals surface area contributed by atoms with Crippen molar-refractivity contribution < 1.29 is 4.79 Å². The third-order valence-electron chi connectivity index (χ3n) is 1.40. The van der Waals surface area contributed by atoms with Crippen molar-refractivity contribution in [3.8, 4) is 6.07 Å². The van der Waals surface area contributed by atoms with Crippen molar-refractivity contribution in [2.45, 2.75) is 0 Å². The Morgan fingerprint density at radius 1 is 1.80 bits per heavy atom. The van der Waals surface area contributed by atoms with E-state index in [0.29, 0.717) is 10.6 Å². The lowest BCUT2D eigenvalue weighted by molar-refractivity contribution is -0.113. The molecule has 0 aliphatic rings. The predicted molar refractivity (Wildman–Crippen MR) is 62.0 cm³/mol. The first-order valence-electron chi connectivity index (χ1n) is 3.87. The standard InChI is InChI=1S/C8H8N4OS2/c9-3-5-1-2-14-7(5)12-6(13)4-15-8(10)11/h1-2H,4H2,(H3,10,11)(H,12,13). The van der Waals surface area contributed by atoms with Gasteiger partial charge in [-0.25, -0.2) is 0 Å². The molecule has 78 valence electrons. The molecule has 0 saturated heterocycles. The molecule has 0 fully saturated rings. The molecule has 1 aromatic rings. The highest BCUT2D eigenvalue weighted by atomic mass is 32.2. The molecule has 1 heterocycles. The largest absolute Gasteiger partial charge is 0.379 e. The number of rotatable bonds is 3. The number of amides is 1. The minimum atomic E-state index is -0.269. The van der Waals surface area contributed by atoms with Crippen molar-refractivity contribution >= 4 is 39.2 Å². The van der Waals surface area contributed by atoms with Crippen molar-refractivity contribution in [2.24, 2.45) is 5.73 Å². The number of carbonyl (C=O) groups is 1. The average Bonchev–Trinajstić information content (AvgIpc) is 2.62. The molecular formula is C8H8N4OS2. The van der Waals surface area contributed by atoms with Crippen LogP contribution in [0.15, 0.2) is 11.4 Å². The third-order valence-corrected chi connectivity index (χ3v) is 2.94. The van der Waals surface area contributed by atoms with E-state index in [2.05, 4.69) is 5.32 Å². The maximum atomic E-state index is 11.3. The molecule has 15 heavy (non-hydrogen) atoms. The van der Waals surface area contributed by atoms with Crippen LogP contribution < -0.4 is 11.1 Å². The van der Waals surface area contributed by atoms with Gasteiger partial charge in [-0.3, -0.25) is 10.2 Å². The van der Waals surface area contributed by atoms with Gasteiger partial charge in [0.05, 0.1) is 11.3 Å². The Morgan fingerprint density at radius 2 is 2.53 bits per heavy atom. The van der Waals surface area contributed by atoms with Crippen LogP contribution in [-0.4, -0.2) is 16.8 Å². The monoisotopic (exact) mass is 240 g/mol. The van der Waals surface area contributed by atoms with Crippen LogP contribution in [0, 0.1) is 16.7 Å². The van der Waals surface area contributed by atoms with Gasteiger partial charge in [-0.05, 0) is 11.4 Å². The Bertz CT molecular complexity index is 421. The van der Waals surface area contributed by atoms with Gasteiger partial charge in [-0.1, -0.05) is 11.8 Å². The number of nitrogens with one attached hydrogen (secondary N) is 2. The number of hydrogen-bond acceptors (Lipinski definition) is 5. The molecule has 1 amide bonds. The number of nitrogens with two attached hydrogens (primary N) is 1. The van der Waals surface area contributed by atoms with Gasteiger partial charge >= 0.3 is 0 Å². The number of nitriles is 1. The first kappa shape index (κ1) is 11.6. The van der Waals surface area contributed by atoms with E-state index < -0.39 is 0 Å². The highest BCUT2D eigenvalue weighted by Gasteiger charge is 2.08. The second kappa shape index (κ2) is 5.38. The number of anilines is 1. The first-order valence-corrected chi connectivity index (χ1v) is 5.74. The van der Waals surface area contributed by atoms with Crippen molar-refractivity contribution in [1.29, 1.82) is 10.7 Å². The zero-order valence-electron chi connectivity index (χ0n) is 7.61. The maximum Gasteiger partial charge on any atom is 0.235 e. The molecule has 0 unspecified atom stereocenters. The molecule has 0 aliphatic carbocycles. The zero-order chi connectivity index (χ0) is 11.3. The smallest absolute Gasteiger partial charge is 0.235 e. The quantitative estimate of drug-likeness (QED) is 0.545. The summed E-state index contributed by atoms with van der Waals surface area (Å²) in [6.45, 7) is 0. The normalized spacial score (nSPS) is 9.27. The van der Waals surface area contributed by atoms with E-state index in [9.17, 15) is 4.79 Å². The molecule has 5 nitrogen and oxygen atoms in total. The minimum Gasteiger partial charge on any atom is -0.379 e. The van der Waals surface area contributed by atoms with E-state index in [1.54, 1.807) is 11.4 Å². The first-order chi connectivity index (χ1) is 7.13. The van der Waals surface area contributed by atoms with Crippen molar-refractivity contribution in [2.75, 3.05) is 11.1 Å². The van der Waals surface area contributed by atoms with E-state index in [1.165, 1.54) is 11.3 Å². The topological polar surface area (TPSA) is 103 Å². The van der Waals surface area contributed by atoms with Crippen LogP contribution in [0.1, 0.15) is 5.56 Å². The van der Waals surface area contributed by atoms with Gasteiger partial charge in [-0.15, -0.1) is 11.3 Å². The summed E-state index contributed by atoms with van der Waals surface area (Å²) in [5, 5.41) is 20.4. The molecule has 0 aliphatic heterocycles. The summed E-state index contributed by atoms with van der Waals surface area (Å²) in [5.74, 6) is -0.188. The van der Waals surface area contributed by atoms with Crippen LogP contribution in [-0.2, 0) is 4.79 Å². The highest BCUT2D eigenvalue weighted by molar-refractivity contribution is 8.14. The Balaban J connectivity index is 2.52. The van der Waals surface area contributed by atoms with E-state index in [-0.39, 0.29) is 16.8 Å². The fourth-order valence-electron chi connectivity index (χ4n) is 0.800. The second-order valence-electron chi connectivity index (χ2n) is 2.48. The van der Waals surface area contributed by atoms with Gasteiger partial charge in [0.25, 0.3) is 0 Å².